The van der Waals surface area contributed by atoms with E-state index in [4.69, 9.17) is 9.31 Å². The minimum Gasteiger partial charge on any atom is -0.398 e. The number of benzene rings is 1. The molecule has 2 heterocycles. The molecule has 1 aromatic carbocycles. The molecule has 120 valence electrons. The molecule has 1 aromatic heterocycles. The molecule has 0 atom stereocenters. The molecule has 23 heavy (non-hydrogen) atoms. The summed E-state index contributed by atoms with van der Waals surface area (Å²) in [5.74, 6) is 0. The molecule has 0 aliphatic carbocycles. The van der Waals surface area contributed by atoms with Crippen molar-refractivity contribution in [2.24, 2.45) is 0 Å². The summed E-state index contributed by atoms with van der Waals surface area (Å²) in [6.45, 7) is 8.93. The first kappa shape index (κ1) is 16.0. The summed E-state index contributed by atoms with van der Waals surface area (Å²) in [6, 6.07) is 14.2. The fourth-order valence-corrected chi connectivity index (χ4v) is 2.50. The molecule has 4 nitrogen and oxygen atoms in total. The van der Waals surface area contributed by atoms with Gasteiger partial charge in [0.05, 0.1) is 22.5 Å². The van der Waals surface area contributed by atoms with Gasteiger partial charge in [0, 0.05) is 12.7 Å². The van der Waals surface area contributed by atoms with Gasteiger partial charge in [0.2, 0.25) is 0 Å². The molecule has 0 unspecified atom stereocenters. The molecule has 1 aliphatic heterocycles. The van der Waals surface area contributed by atoms with Gasteiger partial charge in [0.1, 0.15) is 0 Å². The smallest absolute Gasteiger partial charge is 0.398 e. The summed E-state index contributed by atoms with van der Waals surface area (Å²) in [7, 11) is -0.459. The molecule has 1 fully saturated rings. The SMILES string of the molecule is CC1(C)OB(c2ncccc2NCc2ccccc2)OC1(C)C. The minimum atomic E-state index is -0.459. The van der Waals surface area contributed by atoms with Crippen molar-refractivity contribution in [3.05, 3.63) is 54.2 Å². The van der Waals surface area contributed by atoms with E-state index in [9.17, 15) is 0 Å². The van der Waals surface area contributed by atoms with Crippen molar-refractivity contribution in [2.45, 2.75) is 45.4 Å². The normalized spacial score (nSPS) is 18.9. The van der Waals surface area contributed by atoms with Gasteiger partial charge in [-0.1, -0.05) is 30.3 Å². The van der Waals surface area contributed by atoms with Crippen molar-refractivity contribution in [3.63, 3.8) is 0 Å². The molecule has 1 aliphatic rings. The first-order valence-electron chi connectivity index (χ1n) is 7.97. The van der Waals surface area contributed by atoms with Gasteiger partial charge in [-0.05, 0) is 45.4 Å². The molecule has 0 amide bonds. The van der Waals surface area contributed by atoms with E-state index in [1.54, 1.807) is 6.20 Å². The van der Waals surface area contributed by atoms with Gasteiger partial charge >= 0.3 is 7.12 Å². The third-order valence-electron chi connectivity index (χ3n) is 4.64. The van der Waals surface area contributed by atoms with Gasteiger partial charge in [-0.3, -0.25) is 4.98 Å². The number of hydrogen-bond donors (Lipinski definition) is 1. The molecular weight excluding hydrogens is 287 g/mol. The Kier molecular flexibility index (Phi) is 4.17. The Labute approximate surface area is 138 Å². The Bertz CT molecular complexity index is 658. The van der Waals surface area contributed by atoms with Crippen LogP contribution >= 0.6 is 0 Å². The quantitative estimate of drug-likeness (QED) is 0.882. The van der Waals surface area contributed by atoms with Gasteiger partial charge in [-0.15, -0.1) is 0 Å². The van der Waals surface area contributed by atoms with Crippen LogP contribution in [0.25, 0.3) is 0 Å². The number of nitrogens with one attached hydrogen (secondary N) is 1. The average Bonchev–Trinajstić information content (AvgIpc) is 2.75. The van der Waals surface area contributed by atoms with Crippen LogP contribution in [0.3, 0.4) is 0 Å². The van der Waals surface area contributed by atoms with E-state index in [1.165, 1.54) is 5.56 Å². The Hall–Kier alpha value is -1.85. The van der Waals surface area contributed by atoms with Crippen LogP contribution in [0.5, 0.6) is 0 Å². The number of hydrogen-bond acceptors (Lipinski definition) is 4. The highest BCUT2D eigenvalue weighted by molar-refractivity contribution is 6.62. The maximum absolute atomic E-state index is 6.12. The molecule has 0 radical (unpaired) electrons. The highest BCUT2D eigenvalue weighted by Crippen LogP contribution is 2.36. The zero-order valence-corrected chi connectivity index (χ0v) is 14.2. The van der Waals surface area contributed by atoms with Gasteiger partial charge in [-0.2, -0.15) is 0 Å². The molecule has 0 bridgehead atoms. The van der Waals surface area contributed by atoms with Crippen molar-refractivity contribution in [2.75, 3.05) is 5.32 Å². The Morgan fingerprint density at radius 2 is 1.61 bits per heavy atom. The molecular formula is C18H23BN2O2. The average molecular weight is 310 g/mol. The molecule has 5 heteroatoms. The summed E-state index contributed by atoms with van der Waals surface area (Å²) in [4.78, 5) is 4.49. The van der Waals surface area contributed by atoms with Gasteiger partial charge in [0.25, 0.3) is 0 Å². The van der Waals surface area contributed by atoms with Crippen molar-refractivity contribution >= 4 is 18.4 Å². The van der Waals surface area contributed by atoms with E-state index in [1.807, 2.05) is 58.0 Å². The zero-order valence-electron chi connectivity index (χ0n) is 14.2. The Morgan fingerprint density at radius 3 is 2.26 bits per heavy atom. The standard InChI is InChI=1S/C18H23BN2O2/c1-17(2)18(3,4)23-19(22-17)16-15(11-8-12-20-16)21-13-14-9-6-5-7-10-14/h5-12,21H,13H2,1-4H3. The molecule has 2 aromatic rings. The summed E-state index contributed by atoms with van der Waals surface area (Å²) in [5, 5.41) is 3.44. The van der Waals surface area contributed by atoms with Crippen molar-refractivity contribution in [1.29, 1.82) is 0 Å². The maximum atomic E-state index is 6.12. The van der Waals surface area contributed by atoms with Crippen LogP contribution in [-0.2, 0) is 15.9 Å². The predicted octanol–water partition coefficient (Wildman–Crippen LogP) is 2.99. The lowest BCUT2D eigenvalue weighted by Crippen LogP contribution is -2.41. The van der Waals surface area contributed by atoms with Gasteiger partial charge in [0.15, 0.2) is 0 Å². The van der Waals surface area contributed by atoms with Crippen molar-refractivity contribution in [3.8, 4) is 0 Å². The Morgan fingerprint density at radius 1 is 0.957 bits per heavy atom. The summed E-state index contributed by atoms with van der Waals surface area (Å²) in [5.41, 5.74) is 2.21. The van der Waals surface area contributed by atoms with Crippen LogP contribution < -0.4 is 10.9 Å². The third kappa shape index (κ3) is 3.26. The van der Waals surface area contributed by atoms with Crippen molar-refractivity contribution < 1.29 is 9.31 Å². The number of nitrogens with zero attached hydrogens (tertiary/aromatic N) is 1. The highest BCUT2D eigenvalue weighted by atomic mass is 16.7. The second-order valence-corrected chi connectivity index (χ2v) is 6.86. The first-order valence-corrected chi connectivity index (χ1v) is 7.97. The molecule has 1 saturated heterocycles. The van der Waals surface area contributed by atoms with Crippen LogP contribution in [0.15, 0.2) is 48.7 Å². The van der Waals surface area contributed by atoms with Crippen LogP contribution in [-0.4, -0.2) is 23.3 Å². The summed E-state index contributed by atoms with van der Waals surface area (Å²) in [6.07, 6.45) is 1.77. The third-order valence-corrected chi connectivity index (χ3v) is 4.64. The van der Waals surface area contributed by atoms with Crippen LogP contribution in [0.1, 0.15) is 33.3 Å². The van der Waals surface area contributed by atoms with Crippen LogP contribution in [0.2, 0.25) is 0 Å². The van der Waals surface area contributed by atoms with Crippen molar-refractivity contribution in [1.82, 2.24) is 4.98 Å². The van der Waals surface area contributed by atoms with Crippen LogP contribution in [0.4, 0.5) is 5.69 Å². The minimum absolute atomic E-state index is 0.369. The molecule has 3 rings (SSSR count). The first-order chi connectivity index (χ1) is 10.9. The monoisotopic (exact) mass is 310 g/mol. The van der Waals surface area contributed by atoms with Crippen LogP contribution in [0, 0.1) is 0 Å². The lowest BCUT2D eigenvalue weighted by atomic mass is 9.83. The summed E-state index contributed by atoms with van der Waals surface area (Å²) >= 11 is 0. The largest absolute Gasteiger partial charge is 0.516 e. The maximum Gasteiger partial charge on any atom is 0.516 e. The van der Waals surface area contributed by atoms with E-state index in [0.29, 0.717) is 0 Å². The van der Waals surface area contributed by atoms with E-state index in [0.717, 1.165) is 17.8 Å². The van der Waals surface area contributed by atoms with E-state index in [2.05, 4.69) is 22.4 Å². The zero-order chi connectivity index (χ0) is 16.5. The molecule has 0 saturated carbocycles. The van der Waals surface area contributed by atoms with E-state index >= 15 is 0 Å². The molecule has 0 spiro atoms. The lowest BCUT2D eigenvalue weighted by Gasteiger charge is -2.32. The lowest BCUT2D eigenvalue weighted by molar-refractivity contribution is 0.00578. The number of pyridine rings is 1. The fraction of sp³-hybridized carbons (Fsp3) is 0.389. The number of aromatic nitrogens is 1. The fourth-order valence-electron chi connectivity index (χ4n) is 2.50. The Balaban J connectivity index is 1.79. The second-order valence-electron chi connectivity index (χ2n) is 6.86. The summed E-state index contributed by atoms with van der Waals surface area (Å²) < 4.78 is 12.2. The van der Waals surface area contributed by atoms with E-state index in [-0.39, 0.29) is 11.2 Å². The predicted molar refractivity (Wildman–Crippen MR) is 93.7 cm³/mol. The van der Waals surface area contributed by atoms with Gasteiger partial charge < -0.3 is 14.6 Å². The topological polar surface area (TPSA) is 43.4 Å². The van der Waals surface area contributed by atoms with Gasteiger partial charge in [-0.25, -0.2) is 0 Å². The molecule has 1 N–H and O–H groups in total. The number of rotatable bonds is 4. The number of anilines is 1. The highest BCUT2D eigenvalue weighted by Gasteiger charge is 2.52. The second kappa shape index (κ2) is 5.98. The van der Waals surface area contributed by atoms with E-state index < -0.39 is 7.12 Å².